The predicted octanol–water partition coefficient (Wildman–Crippen LogP) is 3.22. The van der Waals surface area contributed by atoms with Crippen LogP contribution in [0.4, 0.5) is 0 Å². The lowest BCUT2D eigenvalue weighted by molar-refractivity contribution is 0.575. The lowest BCUT2D eigenvalue weighted by Crippen LogP contribution is -2.26. The van der Waals surface area contributed by atoms with E-state index in [1.54, 1.807) is 11.6 Å². The molecule has 2 aromatic heterocycles. The maximum Gasteiger partial charge on any atom is 0.259 e. The van der Waals surface area contributed by atoms with E-state index in [-0.39, 0.29) is 10.2 Å². The highest BCUT2D eigenvalue weighted by Crippen LogP contribution is 2.25. The molecule has 1 N–H and O–H groups in total. The molecule has 1 aliphatic carbocycles. The van der Waals surface area contributed by atoms with Crippen molar-refractivity contribution in [2.75, 3.05) is 6.54 Å². The minimum atomic E-state index is -3.65. The van der Waals surface area contributed by atoms with Crippen molar-refractivity contribution in [1.29, 1.82) is 0 Å². The van der Waals surface area contributed by atoms with Gasteiger partial charge in [-0.3, -0.25) is 4.40 Å². The van der Waals surface area contributed by atoms with Gasteiger partial charge in [0.2, 0.25) is 0 Å². The van der Waals surface area contributed by atoms with Crippen LogP contribution >= 0.6 is 22.9 Å². The first-order chi connectivity index (χ1) is 10.1. The van der Waals surface area contributed by atoms with Crippen molar-refractivity contribution >= 4 is 37.9 Å². The van der Waals surface area contributed by atoms with Gasteiger partial charge in [0.05, 0.1) is 0 Å². The Balaban J connectivity index is 1.73. The van der Waals surface area contributed by atoms with Crippen molar-refractivity contribution in [3.05, 3.63) is 28.4 Å². The zero-order valence-electron chi connectivity index (χ0n) is 11.4. The van der Waals surface area contributed by atoms with E-state index in [9.17, 15) is 8.42 Å². The molecule has 0 saturated carbocycles. The summed E-state index contributed by atoms with van der Waals surface area (Å²) in [4.78, 5) is 4.63. The van der Waals surface area contributed by atoms with E-state index in [4.69, 9.17) is 11.6 Å². The highest BCUT2D eigenvalue weighted by molar-refractivity contribution is 7.89. The van der Waals surface area contributed by atoms with Crippen molar-refractivity contribution in [1.82, 2.24) is 14.1 Å². The summed E-state index contributed by atoms with van der Waals surface area (Å²) in [6, 6.07) is 0. The molecule has 2 aromatic rings. The summed E-state index contributed by atoms with van der Waals surface area (Å²) in [5.41, 5.74) is 1.34. The Morgan fingerprint density at radius 1 is 1.43 bits per heavy atom. The molecule has 0 aromatic carbocycles. The lowest BCUT2D eigenvalue weighted by Gasteiger charge is -2.13. The maximum atomic E-state index is 12.4. The third-order valence-corrected chi connectivity index (χ3v) is 6.17. The second-order valence-corrected chi connectivity index (χ2v) is 7.93. The summed E-state index contributed by atoms with van der Waals surface area (Å²) in [6.07, 6.45) is 9.25. The zero-order chi connectivity index (χ0) is 14.9. The quantitative estimate of drug-likeness (QED) is 0.846. The number of sulfonamides is 1. The third kappa shape index (κ3) is 3.15. The number of rotatable bonds is 5. The van der Waals surface area contributed by atoms with Gasteiger partial charge in [-0.05, 0) is 32.1 Å². The third-order valence-electron chi connectivity index (χ3n) is 3.56. The monoisotopic (exact) mass is 345 g/mol. The Bertz CT molecular complexity index is 777. The largest absolute Gasteiger partial charge is 0.279 e. The number of thiazole rings is 1. The van der Waals surface area contributed by atoms with Gasteiger partial charge in [0.25, 0.3) is 10.0 Å². The predicted molar refractivity (Wildman–Crippen MR) is 84.4 cm³/mol. The van der Waals surface area contributed by atoms with Crippen LogP contribution in [0.5, 0.6) is 0 Å². The minimum Gasteiger partial charge on any atom is -0.279 e. The molecule has 21 heavy (non-hydrogen) atoms. The molecule has 0 spiro atoms. The van der Waals surface area contributed by atoms with Crippen LogP contribution in [-0.4, -0.2) is 24.3 Å². The van der Waals surface area contributed by atoms with Gasteiger partial charge >= 0.3 is 0 Å². The highest BCUT2D eigenvalue weighted by Gasteiger charge is 2.24. The van der Waals surface area contributed by atoms with Crippen LogP contribution in [0.25, 0.3) is 4.96 Å². The standard InChI is InChI=1S/C13H16ClN3O2S2/c14-11-12(17-8-9-20-13(17)16-11)21(18,19)15-7-6-10-4-2-1-3-5-10/h4,8-9,15H,1-3,5-7H2. The molecular weight excluding hydrogens is 330 g/mol. The Kier molecular flexibility index (Phi) is 4.35. The van der Waals surface area contributed by atoms with Gasteiger partial charge in [-0.2, -0.15) is 0 Å². The molecular formula is C13H16ClN3O2S2. The van der Waals surface area contributed by atoms with Crippen LogP contribution in [0.2, 0.25) is 5.15 Å². The van der Waals surface area contributed by atoms with Crippen LogP contribution in [0.3, 0.4) is 0 Å². The van der Waals surface area contributed by atoms with Crippen molar-refractivity contribution in [3.63, 3.8) is 0 Å². The van der Waals surface area contributed by atoms with Gasteiger partial charge in [-0.15, -0.1) is 11.3 Å². The molecule has 1 aliphatic rings. The van der Waals surface area contributed by atoms with E-state index in [1.807, 2.05) is 0 Å². The average Bonchev–Trinajstić information content (AvgIpc) is 2.99. The number of hydrogen-bond acceptors (Lipinski definition) is 4. The molecule has 0 fully saturated rings. The molecule has 0 unspecified atom stereocenters. The zero-order valence-corrected chi connectivity index (χ0v) is 13.8. The van der Waals surface area contributed by atoms with Crippen molar-refractivity contribution in [2.45, 2.75) is 37.1 Å². The molecule has 114 valence electrons. The topological polar surface area (TPSA) is 63.5 Å². The van der Waals surface area contributed by atoms with E-state index >= 15 is 0 Å². The Labute approximate surface area is 132 Å². The summed E-state index contributed by atoms with van der Waals surface area (Å²) in [7, 11) is -3.65. The van der Waals surface area contributed by atoms with Crippen molar-refractivity contribution in [3.8, 4) is 0 Å². The van der Waals surface area contributed by atoms with E-state index < -0.39 is 10.0 Å². The molecule has 3 rings (SSSR count). The molecule has 0 aliphatic heterocycles. The minimum absolute atomic E-state index is 0.0197. The molecule has 0 saturated heterocycles. The Hall–Kier alpha value is -0.890. The molecule has 5 nitrogen and oxygen atoms in total. The number of allylic oxidation sites excluding steroid dienone is 1. The number of nitrogens with one attached hydrogen (secondary N) is 1. The van der Waals surface area contributed by atoms with Gasteiger partial charge in [-0.25, -0.2) is 18.1 Å². The highest BCUT2D eigenvalue weighted by atomic mass is 35.5. The van der Waals surface area contributed by atoms with Crippen LogP contribution in [0.1, 0.15) is 32.1 Å². The van der Waals surface area contributed by atoms with Crippen LogP contribution in [-0.2, 0) is 10.0 Å². The average molecular weight is 346 g/mol. The number of nitrogens with zero attached hydrogens (tertiary/aromatic N) is 2. The van der Waals surface area contributed by atoms with E-state index in [0.717, 1.165) is 19.3 Å². The molecule has 0 bridgehead atoms. The summed E-state index contributed by atoms with van der Waals surface area (Å²) >= 11 is 7.32. The van der Waals surface area contributed by atoms with Crippen LogP contribution in [0, 0.1) is 0 Å². The summed E-state index contributed by atoms with van der Waals surface area (Å²) in [6.45, 7) is 0.391. The number of hydrogen-bond donors (Lipinski definition) is 1. The molecule has 0 amide bonds. The fourth-order valence-electron chi connectivity index (χ4n) is 2.53. The Morgan fingerprint density at radius 2 is 2.29 bits per heavy atom. The van der Waals surface area contributed by atoms with Crippen LogP contribution < -0.4 is 4.72 Å². The van der Waals surface area contributed by atoms with Gasteiger partial charge in [0.1, 0.15) is 0 Å². The maximum absolute atomic E-state index is 12.4. The number of fused-ring (bicyclic) bond motifs is 1. The summed E-state index contributed by atoms with van der Waals surface area (Å²) in [5.74, 6) is 0. The van der Waals surface area contributed by atoms with Gasteiger partial charge in [0.15, 0.2) is 15.1 Å². The fraction of sp³-hybridized carbons (Fsp3) is 0.462. The second kappa shape index (κ2) is 6.08. The van der Waals surface area contributed by atoms with Crippen LogP contribution in [0.15, 0.2) is 28.3 Å². The first kappa shape index (κ1) is 15.0. The van der Waals surface area contributed by atoms with E-state index in [0.29, 0.717) is 11.5 Å². The summed E-state index contributed by atoms with van der Waals surface area (Å²) < 4.78 is 28.9. The fourth-order valence-corrected chi connectivity index (χ4v) is 5.00. The molecule has 0 radical (unpaired) electrons. The van der Waals surface area contributed by atoms with E-state index in [2.05, 4.69) is 15.8 Å². The van der Waals surface area contributed by atoms with Crippen molar-refractivity contribution < 1.29 is 8.42 Å². The Morgan fingerprint density at radius 3 is 3.05 bits per heavy atom. The number of halogens is 1. The summed E-state index contributed by atoms with van der Waals surface area (Å²) in [5, 5.41) is 1.83. The van der Waals surface area contributed by atoms with Gasteiger partial charge in [0, 0.05) is 18.1 Å². The van der Waals surface area contributed by atoms with Crippen molar-refractivity contribution in [2.24, 2.45) is 0 Å². The normalized spacial score (nSPS) is 16.3. The first-order valence-electron chi connectivity index (χ1n) is 6.86. The molecule has 8 heteroatoms. The number of imidazole rings is 1. The van der Waals surface area contributed by atoms with Gasteiger partial charge in [-0.1, -0.05) is 23.3 Å². The van der Waals surface area contributed by atoms with E-state index in [1.165, 1.54) is 34.2 Å². The SMILES string of the molecule is O=S(=O)(NCCC1=CCCCC1)c1c(Cl)nc2sccn12. The molecule has 0 atom stereocenters. The van der Waals surface area contributed by atoms with Gasteiger partial charge < -0.3 is 0 Å². The lowest BCUT2D eigenvalue weighted by atomic mass is 9.97. The number of aromatic nitrogens is 2. The molecule has 2 heterocycles. The second-order valence-electron chi connectivity index (χ2n) is 5.02. The smallest absolute Gasteiger partial charge is 0.259 e. The first-order valence-corrected chi connectivity index (χ1v) is 9.60.